The van der Waals surface area contributed by atoms with Crippen LogP contribution in [0.4, 0.5) is 5.69 Å². The zero-order valence-corrected chi connectivity index (χ0v) is 10.4. The lowest BCUT2D eigenvalue weighted by Gasteiger charge is -2.25. The molecule has 0 atom stereocenters. The highest BCUT2D eigenvalue weighted by Gasteiger charge is 2.16. The van der Waals surface area contributed by atoms with Gasteiger partial charge in [-0.3, -0.25) is 0 Å². The minimum absolute atomic E-state index is 0.777. The molecule has 4 heteroatoms. The van der Waals surface area contributed by atoms with E-state index in [1.807, 2.05) is 4.68 Å². The summed E-state index contributed by atoms with van der Waals surface area (Å²) in [7, 11) is 0. The molecule has 0 aliphatic heterocycles. The van der Waals surface area contributed by atoms with E-state index in [0.717, 1.165) is 19.0 Å². The fraction of sp³-hybridized carbons (Fsp3) is 0.429. The Bertz CT molecular complexity index is 488. The van der Waals surface area contributed by atoms with Gasteiger partial charge >= 0.3 is 0 Å². The first kappa shape index (κ1) is 11.3. The third-order valence-corrected chi connectivity index (χ3v) is 3.56. The lowest BCUT2D eigenvalue weighted by Crippen LogP contribution is -2.20. The van der Waals surface area contributed by atoms with Crippen LogP contribution in [0.15, 0.2) is 36.9 Å². The molecule has 0 radical (unpaired) electrons. The van der Waals surface area contributed by atoms with Crippen molar-refractivity contribution < 1.29 is 0 Å². The van der Waals surface area contributed by atoms with Gasteiger partial charge in [0.2, 0.25) is 0 Å². The average molecular weight is 242 g/mol. The van der Waals surface area contributed by atoms with Crippen molar-refractivity contribution in [1.29, 1.82) is 0 Å². The van der Waals surface area contributed by atoms with Crippen LogP contribution in [0.2, 0.25) is 0 Å². The molecule has 4 nitrogen and oxygen atoms in total. The van der Waals surface area contributed by atoms with Crippen molar-refractivity contribution in [1.82, 2.24) is 14.8 Å². The first-order valence-electron chi connectivity index (χ1n) is 6.55. The van der Waals surface area contributed by atoms with E-state index in [1.54, 1.807) is 12.7 Å². The van der Waals surface area contributed by atoms with E-state index in [2.05, 4.69) is 39.7 Å². The lowest BCUT2D eigenvalue weighted by atomic mass is 9.85. The van der Waals surface area contributed by atoms with Gasteiger partial charge in [0.25, 0.3) is 0 Å². The van der Waals surface area contributed by atoms with Gasteiger partial charge in [0.15, 0.2) is 0 Å². The van der Waals surface area contributed by atoms with Gasteiger partial charge in [-0.2, -0.15) is 5.10 Å². The minimum atomic E-state index is 0.777. The van der Waals surface area contributed by atoms with Crippen molar-refractivity contribution in [3.05, 3.63) is 42.5 Å². The first-order valence-corrected chi connectivity index (χ1v) is 6.55. The van der Waals surface area contributed by atoms with Crippen LogP contribution in [0.25, 0.3) is 0 Å². The van der Waals surface area contributed by atoms with Crippen molar-refractivity contribution in [3.63, 3.8) is 0 Å². The highest BCUT2D eigenvalue weighted by Crippen LogP contribution is 2.26. The Hall–Kier alpha value is -1.84. The number of aromatic nitrogens is 3. The molecule has 0 spiro atoms. The summed E-state index contributed by atoms with van der Waals surface area (Å²) in [6.45, 7) is 1.88. The van der Waals surface area contributed by atoms with Gasteiger partial charge in [-0.25, -0.2) is 9.67 Å². The predicted molar refractivity (Wildman–Crippen MR) is 71.4 cm³/mol. The van der Waals surface area contributed by atoms with E-state index in [1.165, 1.54) is 30.5 Å². The number of nitrogens with zero attached hydrogens (tertiary/aromatic N) is 3. The Morgan fingerprint density at radius 2 is 2.28 bits per heavy atom. The normalized spacial score (nSPS) is 15.3. The molecule has 1 aliphatic carbocycles. The fourth-order valence-electron chi connectivity index (χ4n) is 2.24. The van der Waals surface area contributed by atoms with E-state index < -0.39 is 0 Å². The summed E-state index contributed by atoms with van der Waals surface area (Å²) in [5.74, 6) is 0.879. The van der Waals surface area contributed by atoms with Gasteiger partial charge in [0.1, 0.15) is 12.7 Å². The Morgan fingerprint density at radius 1 is 1.33 bits per heavy atom. The molecule has 1 aromatic carbocycles. The number of hydrogen-bond donors (Lipinski definition) is 1. The molecular weight excluding hydrogens is 224 g/mol. The number of benzene rings is 1. The van der Waals surface area contributed by atoms with Crippen LogP contribution >= 0.6 is 0 Å². The van der Waals surface area contributed by atoms with Crippen molar-refractivity contribution in [3.8, 4) is 0 Å². The monoisotopic (exact) mass is 242 g/mol. The fourth-order valence-corrected chi connectivity index (χ4v) is 2.24. The van der Waals surface area contributed by atoms with E-state index in [4.69, 9.17) is 0 Å². The molecule has 1 N–H and O–H groups in total. The van der Waals surface area contributed by atoms with Crippen molar-refractivity contribution >= 4 is 5.69 Å². The van der Waals surface area contributed by atoms with Gasteiger partial charge in [0.05, 0.1) is 6.54 Å². The van der Waals surface area contributed by atoms with Crippen molar-refractivity contribution in [2.75, 3.05) is 11.9 Å². The molecular formula is C14H18N4. The standard InChI is InChI=1S/C14H18N4/c1-3-12(4-1)8-16-14-6-2-5-13(7-14)9-18-11-15-10-17-18/h2,5-7,10-12,16H,1,3-4,8-9H2. The summed E-state index contributed by atoms with van der Waals surface area (Å²) in [5, 5.41) is 7.64. The second-order valence-electron chi connectivity index (χ2n) is 4.97. The first-order chi connectivity index (χ1) is 8.90. The molecule has 1 heterocycles. The van der Waals surface area contributed by atoms with Crippen LogP contribution in [-0.2, 0) is 6.54 Å². The topological polar surface area (TPSA) is 42.7 Å². The summed E-state index contributed by atoms with van der Waals surface area (Å²) in [6.07, 6.45) is 7.48. The zero-order chi connectivity index (χ0) is 12.2. The van der Waals surface area contributed by atoms with Crippen LogP contribution < -0.4 is 5.32 Å². The summed E-state index contributed by atoms with van der Waals surface area (Å²) < 4.78 is 1.84. The maximum atomic E-state index is 4.12. The number of anilines is 1. The highest BCUT2D eigenvalue weighted by molar-refractivity contribution is 5.45. The molecule has 0 saturated heterocycles. The SMILES string of the molecule is c1cc(Cn2cncn2)cc(NCC2CCC2)c1. The number of rotatable bonds is 5. The lowest BCUT2D eigenvalue weighted by molar-refractivity contribution is 0.333. The van der Waals surface area contributed by atoms with Crippen LogP contribution in [-0.4, -0.2) is 21.3 Å². The van der Waals surface area contributed by atoms with Gasteiger partial charge in [0, 0.05) is 12.2 Å². The average Bonchev–Trinajstić information content (AvgIpc) is 2.80. The highest BCUT2D eigenvalue weighted by atomic mass is 15.3. The number of nitrogens with one attached hydrogen (secondary N) is 1. The summed E-state index contributed by atoms with van der Waals surface area (Å²) in [4.78, 5) is 3.96. The molecule has 2 aromatic rings. The Morgan fingerprint density at radius 3 is 3.00 bits per heavy atom. The third kappa shape index (κ3) is 2.70. The van der Waals surface area contributed by atoms with Crippen molar-refractivity contribution in [2.24, 2.45) is 5.92 Å². The summed E-state index contributed by atoms with van der Waals surface area (Å²) in [6, 6.07) is 8.54. The predicted octanol–water partition coefficient (Wildman–Crippen LogP) is 2.54. The molecule has 0 unspecified atom stereocenters. The van der Waals surface area contributed by atoms with Crippen LogP contribution in [0, 0.1) is 5.92 Å². The molecule has 1 aromatic heterocycles. The maximum Gasteiger partial charge on any atom is 0.137 e. The third-order valence-electron chi connectivity index (χ3n) is 3.56. The quantitative estimate of drug-likeness (QED) is 0.876. The van der Waals surface area contributed by atoms with E-state index in [-0.39, 0.29) is 0 Å². The van der Waals surface area contributed by atoms with Crippen LogP contribution in [0.1, 0.15) is 24.8 Å². The summed E-state index contributed by atoms with van der Waals surface area (Å²) >= 11 is 0. The Balaban J connectivity index is 1.61. The van der Waals surface area contributed by atoms with Crippen molar-refractivity contribution in [2.45, 2.75) is 25.8 Å². The molecule has 94 valence electrons. The van der Waals surface area contributed by atoms with E-state index >= 15 is 0 Å². The largest absolute Gasteiger partial charge is 0.385 e. The Labute approximate surface area is 107 Å². The van der Waals surface area contributed by atoms with Gasteiger partial charge in [-0.1, -0.05) is 18.6 Å². The number of hydrogen-bond acceptors (Lipinski definition) is 3. The minimum Gasteiger partial charge on any atom is -0.385 e. The molecule has 3 rings (SSSR count). The molecule has 0 bridgehead atoms. The van der Waals surface area contributed by atoms with Crippen LogP contribution in [0.5, 0.6) is 0 Å². The van der Waals surface area contributed by atoms with E-state index in [0.29, 0.717) is 0 Å². The maximum absolute atomic E-state index is 4.12. The Kier molecular flexibility index (Phi) is 3.26. The van der Waals surface area contributed by atoms with E-state index in [9.17, 15) is 0 Å². The molecule has 18 heavy (non-hydrogen) atoms. The smallest absolute Gasteiger partial charge is 0.137 e. The van der Waals surface area contributed by atoms with Gasteiger partial charge < -0.3 is 5.32 Å². The summed E-state index contributed by atoms with van der Waals surface area (Å²) in [5.41, 5.74) is 2.46. The van der Waals surface area contributed by atoms with Gasteiger partial charge in [-0.15, -0.1) is 0 Å². The zero-order valence-electron chi connectivity index (χ0n) is 10.4. The molecule has 0 amide bonds. The molecule has 1 fully saturated rings. The molecule has 1 saturated carbocycles. The van der Waals surface area contributed by atoms with Gasteiger partial charge in [-0.05, 0) is 36.5 Å². The second kappa shape index (κ2) is 5.21. The molecule has 1 aliphatic rings. The second-order valence-corrected chi connectivity index (χ2v) is 4.97. The van der Waals surface area contributed by atoms with Crippen LogP contribution in [0.3, 0.4) is 0 Å².